The first kappa shape index (κ1) is 12.9. The second kappa shape index (κ2) is 5.09. The Labute approximate surface area is 120 Å². The third-order valence-corrected chi connectivity index (χ3v) is 3.96. The molecular formula is C15H13FN2OS. The second-order valence-corrected chi connectivity index (χ2v) is 5.47. The molecule has 0 saturated carbocycles. The molecule has 102 valence electrons. The summed E-state index contributed by atoms with van der Waals surface area (Å²) in [6.45, 7) is 2.00. The van der Waals surface area contributed by atoms with Gasteiger partial charge < -0.3 is 10.1 Å². The zero-order chi connectivity index (χ0) is 14.1. The van der Waals surface area contributed by atoms with E-state index in [9.17, 15) is 4.39 Å². The van der Waals surface area contributed by atoms with Gasteiger partial charge in [-0.05, 0) is 48.9 Å². The van der Waals surface area contributed by atoms with Crippen LogP contribution in [-0.2, 0) is 0 Å². The number of fused-ring (bicyclic) bond motifs is 1. The smallest absolute Gasteiger partial charge is 0.188 e. The van der Waals surface area contributed by atoms with Crippen molar-refractivity contribution in [3.8, 4) is 5.75 Å². The summed E-state index contributed by atoms with van der Waals surface area (Å²) in [7, 11) is 1.64. The topological polar surface area (TPSA) is 34.1 Å². The minimum Gasteiger partial charge on any atom is -0.497 e. The molecule has 5 heteroatoms. The lowest BCUT2D eigenvalue weighted by Crippen LogP contribution is -1.93. The molecule has 1 aromatic heterocycles. The highest BCUT2D eigenvalue weighted by atomic mass is 32.1. The Balaban J connectivity index is 1.92. The summed E-state index contributed by atoms with van der Waals surface area (Å²) in [6.07, 6.45) is 0. The summed E-state index contributed by atoms with van der Waals surface area (Å²) < 4.78 is 19.2. The van der Waals surface area contributed by atoms with Gasteiger partial charge in [-0.15, -0.1) is 0 Å². The van der Waals surface area contributed by atoms with Crippen LogP contribution in [0.2, 0.25) is 0 Å². The van der Waals surface area contributed by atoms with Crippen LogP contribution in [0.15, 0.2) is 36.4 Å². The van der Waals surface area contributed by atoms with Crippen LogP contribution >= 0.6 is 11.3 Å². The maximum Gasteiger partial charge on any atom is 0.188 e. The van der Waals surface area contributed by atoms with Crippen molar-refractivity contribution < 1.29 is 9.13 Å². The Morgan fingerprint density at radius 3 is 2.80 bits per heavy atom. The molecule has 1 heterocycles. The van der Waals surface area contributed by atoms with Crippen molar-refractivity contribution in [2.24, 2.45) is 0 Å². The number of thiazole rings is 1. The molecule has 0 aliphatic heterocycles. The first-order valence-corrected chi connectivity index (χ1v) is 6.95. The third kappa shape index (κ3) is 2.44. The fraction of sp³-hybridized carbons (Fsp3) is 0.133. The van der Waals surface area contributed by atoms with Gasteiger partial charge in [-0.3, -0.25) is 0 Å². The number of benzene rings is 2. The minimum atomic E-state index is -0.242. The highest BCUT2D eigenvalue weighted by Crippen LogP contribution is 2.30. The van der Waals surface area contributed by atoms with Gasteiger partial charge in [0, 0.05) is 5.69 Å². The first-order valence-electron chi connectivity index (χ1n) is 6.13. The van der Waals surface area contributed by atoms with Gasteiger partial charge >= 0.3 is 0 Å². The summed E-state index contributed by atoms with van der Waals surface area (Å²) in [5.41, 5.74) is 2.82. The fourth-order valence-electron chi connectivity index (χ4n) is 1.97. The molecule has 0 fully saturated rings. The number of halogens is 1. The molecule has 20 heavy (non-hydrogen) atoms. The Bertz CT molecular complexity index is 770. The molecule has 0 radical (unpaired) electrons. The van der Waals surface area contributed by atoms with Crippen molar-refractivity contribution in [1.82, 2.24) is 4.98 Å². The lowest BCUT2D eigenvalue weighted by atomic mass is 10.2. The molecule has 0 bridgehead atoms. The van der Waals surface area contributed by atoms with Crippen molar-refractivity contribution in [3.63, 3.8) is 0 Å². The highest BCUT2D eigenvalue weighted by molar-refractivity contribution is 7.22. The highest BCUT2D eigenvalue weighted by Gasteiger charge is 2.07. The van der Waals surface area contributed by atoms with E-state index in [1.54, 1.807) is 13.2 Å². The van der Waals surface area contributed by atoms with Gasteiger partial charge in [0.1, 0.15) is 11.6 Å². The summed E-state index contributed by atoms with van der Waals surface area (Å²) in [6, 6.07) is 10.4. The molecule has 0 aliphatic rings. The van der Waals surface area contributed by atoms with Gasteiger partial charge in [0.15, 0.2) is 5.13 Å². The maximum atomic E-state index is 13.2. The number of rotatable bonds is 3. The predicted octanol–water partition coefficient (Wildman–Crippen LogP) is 4.50. The SMILES string of the molecule is COc1ccc(Nc2nc3ccc(F)cc3s2)c(C)c1. The number of anilines is 2. The van der Waals surface area contributed by atoms with Crippen LogP contribution in [0.3, 0.4) is 0 Å². The molecule has 3 aromatic rings. The summed E-state index contributed by atoms with van der Waals surface area (Å²) in [4.78, 5) is 4.44. The number of nitrogens with zero attached hydrogens (tertiary/aromatic N) is 1. The Hall–Kier alpha value is -2.14. The number of aromatic nitrogens is 1. The average Bonchev–Trinajstić information content (AvgIpc) is 2.82. The van der Waals surface area contributed by atoms with E-state index in [1.807, 2.05) is 25.1 Å². The van der Waals surface area contributed by atoms with Crippen LogP contribution in [0.4, 0.5) is 15.2 Å². The van der Waals surface area contributed by atoms with Crippen molar-refractivity contribution >= 4 is 32.4 Å². The van der Waals surface area contributed by atoms with Crippen LogP contribution in [0, 0.1) is 12.7 Å². The fourth-order valence-corrected chi connectivity index (χ4v) is 2.87. The predicted molar refractivity (Wildman–Crippen MR) is 80.6 cm³/mol. The van der Waals surface area contributed by atoms with E-state index in [0.717, 1.165) is 32.3 Å². The van der Waals surface area contributed by atoms with E-state index < -0.39 is 0 Å². The van der Waals surface area contributed by atoms with E-state index in [1.165, 1.54) is 23.5 Å². The molecule has 3 rings (SSSR count). The number of aryl methyl sites for hydroxylation is 1. The monoisotopic (exact) mass is 288 g/mol. The van der Waals surface area contributed by atoms with E-state index in [2.05, 4.69) is 10.3 Å². The maximum absolute atomic E-state index is 13.2. The number of methoxy groups -OCH3 is 1. The normalized spacial score (nSPS) is 10.8. The van der Waals surface area contributed by atoms with Crippen LogP contribution < -0.4 is 10.1 Å². The summed E-state index contributed by atoms with van der Waals surface area (Å²) in [5, 5.41) is 4.01. The molecule has 2 aromatic carbocycles. The van der Waals surface area contributed by atoms with Gasteiger partial charge in [-0.25, -0.2) is 9.37 Å². The van der Waals surface area contributed by atoms with E-state index in [-0.39, 0.29) is 5.82 Å². The minimum absolute atomic E-state index is 0.242. The van der Waals surface area contributed by atoms with Gasteiger partial charge in [0.2, 0.25) is 0 Å². The largest absolute Gasteiger partial charge is 0.497 e. The third-order valence-electron chi connectivity index (χ3n) is 3.03. The molecule has 0 aliphatic carbocycles. The van der Waals surface area contributed by atoms with E-state index in [0.29, 0.717) is 0 Å². The average molecular weight is 288 g/mol. The molecule has 0 atom stereocenters. The zero-order valence-corrected chi connectivity index (χ0v) is 11.9. The number of nitrogens with one attached hydrogen (secondary N) is 1. The van der Waals surface area contributed by atoms with Gasteiger partial charge in [0.05, 0.1) is 17.3 Å². The Morgan fingerprint density at radius 2 is 2.05 bits per heavy atom. The van der Waals surface area contributed by atoms with Gasteiger partial charge in [-0.2, -0.15) is 0 Å². The van der Waals surface area contributed by atoms with E-state index >= 15 is 0 Å². The van der Waals surface area contributed by atoms with Crippen LogP contribution in [0.1, 0.15) is 5.56 Å². The molecule has 0 saturated heterocycles. The molecule has 3 nitrogen and oxygen atoms in total. The Morgan fingerprint density at radius 1 is 1.20 bits per heavy atom. The molecule has 0 unspecified atom stereocenters. The van der Waals surface area contributed by atoms with Gasteiger partial charge in [-0.1, -0.05) is 11.3 Å². The number of hydrogen-bond donors (Lipinski definition) is 1. The van der Waals surface area contributed by atoms with E-state index in [4.69, 9.17) is 4.74 Å². The van der Waals surface area contributed by atoms with Crippen molar-refractivity contribution in [2.45, 2.75) is 6.92 Å². The summed E-state index contributed by atoms with van der Waals surface area (Å²) in [5.74, 6) is 0.577. The van der Waals surface area contributed by atoms with Crippen molar-refractivity contribution in [2.75, 3.05) is 12.4 Å². The zero-order valence-electron chi connectivity index (χ0n) is 11.1. The number of ether oxygens (including phenoxy) is 1. The second-order valence-electron chi connectivity index (χ2n) is 4.44. The van der Waals surface area contributed by atoms with Gasteiger partial charge in [0.25, 0.3) is 0 Å². The van der Waals surface area contributed by atoms with Crippen LogP contribution in [-0.4, -0.2) is 12.1 Å². The Kier molecular flexibility index (Phi) is 3.28. The van der Waals surface area contributed by atoms with Crippen molar-refractivity contribution in [1.29, 1.82) is 0 Å². The first-order chi connectivity index (χ1) is 9.65. The molecular weight excluding hydrogens is 275 g/mol. The van der Waals surface area contributed by atoms with Crippen molar-refractivity contribution in [3.05, 3.63) is 47.8 Å². The quantitative estimate of drug-likeness (QED) is 0.770. The summed E-state index contributed by atoms with van der Waals surface area (Å²) >= 11 is 1.43. The molecule has 0 amide bonds. The standard InChI is InChI=1S/C15H13FN2OS/c1-9-7-11(19-2)4-6-12(9)17-15-18-13-5-3-10(16)8-14(13)20-15/h3-8H,1-2H3,(H,17,18). The lowest BCUT2D eigenvalue weighted by Gasteiger charge is -2.08. The number of hydrogen-bond acceptors (Lipinski definition) is 4. The molecule has 0 spiro atoms. The molecule has 1 N–H and O–H groups in total. The van der Waals surface area contributed by atoms with Crippen LogP contribution in [0.5, 0.6) is 5.75 Å². The lowest BCUT2D eigenvalue weighted by molar-refractivity contribution is 0.414. The van der Waals surface area contributed by atoms with Crippen LogP contribution in [0.25, 0.3) is 10.2 Å².